The molecular formula is C32H19NO. The number of fused-ring (bicyclic) bond motifs is 10. The molecule has 0 aliphatic heterocycles. The second-order valence-corrected chi connectivity index (χ2v) is 9.04. The van der Waals surface area contributed by atoms with Gasteiger partial charge in [0.1, 0.15) is 11.2 Å². The SMILES string of the molecule is c1ccc2c(c1)ccc1c3cccc(-c4ccc5oc6ccc7ccccc7c6c5c4)c3[nH]c21. The summed E-state index contributed by atoms with van der Waals surface area (Å²) in [4.78, 5) is 3.77. The van der Waals surface area contributed by atoms with Gasteiger partial charge in [0.05, 0.1) is 11.0 Å². The molecule has 0 saturated carbocycles. The first kappa shape index (κ1) is 17.9. The van der Waals surface area contributed by atoms with E-state index in [9.17, 15) is 0 Å². The number of nitrogens with one attached hydrogen (secondary N) is 1. The molecule has 0 spiro atoms. The first-order chi connectivity index (χ1) is 16.8. The van der Waals surface area contributed by atoms with Crippen LogP contribution in [-0.2, 0) is 0 Å². The first-order valence-corrected chi connectivity index (χ1v) is 11.6. The lowest BCUT2D eigenvalue weighted by Gasteiger charge is -2.05. The van der Waals surface area contributed by atoms with Gasteiger partial charge in [0, 0.05) is 32.5 Å². The summed E-state index contributed by atoms with van der Waals surface area (Å²) in [6, 6.07) is 38.9. The van der Waals surface area contributed by atoms with E-state index in [-0.39, 0.29) is 0 Å². The molecule has 8 rings (SSSR count). The highest BCUT2D eigenvalue weighted by molar-refractivity contribution is 6.21. The van der Waals surface area contributed by atoms with E-state index in [0.29, 0.717) is 0 Å². The molecule has 2 heterocycles. The van der Waals surface area contributed by atoms with Gasteiger partial charge in [0.25, 0.3) is 0 Å². The molecule has 8 aromatic rings. The van der Waals surface area contributed by atoms with Crippen LogP contribution in [-0.4, -0.2) is 4.98 Å². The normalized spacial score (nSPS) is 12.1. The van der Waals surface area contributed by atoms with Gasteiger partial charge in [0.2, 0.25) is 0 Å². The van der Waals surface area contributed by atoms with Gasteiger partial charge < -0.3 is 9.40 Å². The summed E-state index contributed by atoms with van der Waals surface area (Å²) in [5.41, 5.74) is 6.61. The van der Waals surface area contributed by atoms with Crippen molar-refractivity contribution in [2.45, 2.75) is 0 Å². The molecule has 0 radical (unpaired) electrons. The number of aromatic nitrogens is 1. The van der Waals surface area contributed by atoms with Gasteiger partial charge in [-0.15, -0.1) is 0 Å². The fourth-order valence-corrected chi connectivity index (χ4v) is 5.62. The smallest absolute Gasteiger partial charge is 0.136 e. The van der Waals surface area contributed by atoms with Crippen LogP contribution in [0.5, 0.6) is 0 Å². The molecule has 34 heavy (non-hydrogen) atoms. The van der Waals surface area contributed by atoms with Crippen LogP contribution in [0.4, 0.5) is 0 Å². The fourth-order valence-electron chi connectivity index (χ4n) is 5.62. The summed E-state index contributed by atoms with van der Waals surface area (Å²) in [6.45, 7) is 0. The maximum Gasteiger partial charge on any atom is 0.136 e. The van der Waals surface area contributed by atoms with Crippen molar-refractivity contribution in [3.8, 4) is 11.1 Å². The van der Waals surface area contributed by atoms with Crippen molar-refractivity contribution in [3.05, 3.63) is 109 Å². The van der Waals surface area contributed by atoms with Crippen molar-refractivity contribution in [1.82, 2.24) is 4.98 Å². The molecule has 2 heteroatoms. The predicted molar refractivity (Wildman–Crippen MR) is 144 cm³/mol. The zero-order valence-corrected chi connectivity index (χ0v) is 18.3. The van der Waals surface area contributed by atoms with Gasteiger partial charge in [0.15, 0.2) is 0 Å². The zero-order chi connectivity index (χ0) is 22.2. The summed E-state index contributed by atoms with van der Waals surface area (Å²) in [5, 5.41) is 9.81. The summed E-state index contributed by atoms with van der Waals surface area (Å²) in [7, 11) is 0. The second kappa shape index (κ2) is 6.49. The van der Waals surface area contributed by atoms with Crippen LogP contribution in [0.1, 0.15) is 0 Å². The van der Waals surface area contributed by atoms with Gasteiger partial charge in [-0.2, -0.15) is 0 Å². The topological polar surface area (TPSA) is 28.9 Å². The van der Waals surface area contributed by atoms with E-state index in [1.165, 1.54) is 59.9 Å². The summed E-state index contributed by atoms with van der Waals surface area (Å²) >= 11 is 0. The Labute approximate surface area is 195 Å². The molecule has 6 aromatic carbocycles. The zero-order valence-electron chi connectivity index (χ0n) is 18.3. The average Bonchev–Trinajstić information content (AvgIpc) is 3.47. The minimum absolute atomic E-state index is 0.921. The molecule has 0 amide bonds. The average molecular weight is 434 g/mol. The summed E-state index contributed by atoms with van der Waals surface area (Å²) < 4.78 is 6.23. The number of benzene rings is 6. The Hall–Kier alpha value is -4.56. The van der Waals surface area contributed by atoms with Gasteiger partial charge in [-0.25, -0.2) is 0 Å². The summed E-state index contributed by atoms with van der Waals surface area (Å²) in [6.07, 6.45) is 0. The molecule has 2 aromatic heterocycles. The Morgan fingerprint density at radius 1 is 0.471 bits per heavy atom. The number of hydrogen-bond donors (Lipinski definition) is 1. The molecule has 2 nitrogen and oxygen atoms in total. The number of furan rings is 1. The van der Waals surface area contributed by atoms with Gasteiger partial charge in [-0.3, -0.25) is 0 Å². The number of H-pyrrole nitrogens is 1. The van der Waals surface area contributed by atoms with Crippen LogP contribution in [0.2, 0.25) is 0 Å². The van der Waals surface area contributed by atoms with Crippen LogP contribution >= 0.6 is 0 Å². The first-order valence-electron chi connectivity index (χ1n) is 11.6. The van der Waals surface area contributed by atoms with Crippen molar-refractivity contribution in [3.63, 3.8) is 0 Å². The van der Waals surface area contributed by atoms with E-state index in [0.717, 1.165) is 16.6 Å². The minimum atomic E-state index is 0.921. The minimum Gasteiger partial charge on any atom is -0.456 e. The lowest BCUT2D eigenvalue weighted by Crippen LogP contribution is -1.81. The third kappa shape index (κ3) is 2.35. The van der Waals surface area contributed by atoms with Crippen LogP contribution in [0.15, 0.2) is 114 Å². The van der Waals surface area contributed by atoms with Crippen molar-refractivity contribution in [1.29, 1.82) is 0 Å². The van der Waals surface area contributed by atoms with Crippen molar-refractivity contribution < 1.29 is 4.42 Å². The number of hydrogen-bond acceptors (Lipinski definition) is 1. The highest BCUT2D eigenvalue weighted by Gasteiger charge is 2.15. The van der Waals surface area contributed by atoms with Crippen LogP contribution in [0.3, 0.4) is 0 Å². The highest BCUT2D eigenvalue weighted by atomic mass is 16.3. The van der Waals surface area contributed by atoms with Crippen LogP contribution < -0.4 is 0 Å². The van der Waals surface area contributed by atoms with E-state index < -0.39 is 0 Å². The molecule has 0 aliphatic carbocycles. The number of aromatic amines is 1. The molecule has 1 N–H and O–H groups in total. The maximum absolute atomic E-state index is 6.23. The van der Waals surface area contributed by atoms with Gasteiger partial charge in [-0.05, 0) is 39.9 Å². The fraction of sp³-hybridized carbons (Fsp3) is 0. The quantitative estimate of drug-likeness (QED) is 0.275. The number of para-hydroxylation sites is 1. The second-order valence-electron chi connectivity index (χ2n) is 9.04. The molecule has 0 aliphatic rings. The van der Waals surface area contributed by atoms with E-state index in [1.807, 2.05) is 0 Å². The molecule has 0 bridgehead atoms. The molecule has 0 unspecified atom stereocenters. The lowest BCUT2D eigenvalue weighted by molar-refractivity contribution is 0.669. The molecular weight excluding hydrogens is 414 g/mol. The standard InChI is InChI=1S/C32H19NO/c1-3-8-22-19(6-1)13-17-29-30(22)27-18-21(14-16-28(27)34-29)24-10-5-11-25-26-15-12-20-7-2-4-9-23(20)31(26)33-32(24)25/h1-18,33H. The maximum atomic E-state index is 6.23. The van der Waals surface area contributed by atoms with Crippen molar-refractivity contribution >= 4 is 65.3 Å². The Kier molecular flexibility index (Phi) is 3.42. The monoisotopic (exact) mass is 433 g/mol. The molecule has 158 valence electrons. The van der Waals surface area contributed by atoms with E-state index in [1.54, 1.807) is 0 Å². The Balaban J connectivity index is 1.45. The van der Waals surface area contributed by atoms with Crippen molar-refractivity contribution in [2.75, 3.05) is 0 Å². The Morgan fingerprint density at radius 3 is 2.09 bits per heavy atom. The van der Waals surface area contributed by atoms with Gasteiger partial charge >= 0.3 is 0 Å². The molecule has 0 fully saturated rings. The predicted octanol–water partition coefficient (Wildman–Crippen LogP) is 9.19. The van der Waals surface area contributed by atoms with E-state index >= 15 is 0 Å². The number of rotatable bonds is 1. The van der Waals surface area contributed by atoms with E-state index in [2.05, 4.69) is 114 Å². The van der Waals surface area contributed by atoms with E-state index in [4.69, 9.17) is 4.42 Å². The van der Waals surface area contributed by atoms with Crippen LogP contribution in [0.25, 0.3) is 76.4 Å². The van der Waals surface area contributed by atoms with Crippen molar-refractivity contribution in [2.24, 2.45) is 0 Å². The van der Waals surface area contributed by atoms with Crippen LogP contribution in [0, 0.1) is 0 Å². The van der Waals surface area contributed by atoms with Gasteiger partial charge in [-0.1, -0.05) is 91.0 Å². The Morgan fingerprint density at radius 2 is 1.18 bits per heavy atom. The third-order valence-corrected chi connectivity index (χ3v) is 7.20. The lowest BCUT2D eigenvalue weighted by atomic mass is 9.98. The third-order valence-electron chi connectivity index (χ3n) is 7.20. The summed E-state index contributed by atoms with van der Waals surface area (Å²) in [5.74, 6) is 0. The Bertz CT molecular complexity index is 2070. The highest BCUT2D eigenvalue weighted by Crippen LogP contribution is 2.40. The molecule has 0 saturated heterocycles. The largest absolute Gasteiger partial charge is 0.456 e. The molecule has 0 atom stereocenters.